The number of nitrogens with zero attached hydrogens (tertiary/aromatic N) is 2. The normalized spacial score (nSPS) is 14.1. The summed E-state index contributed by atoms with van der Waals surface area (Å²) in [7, 11) is 4.93. The first-order valence-electron chi connectivity index (χ1n) is 10.2. The maximum atomic E-state index is 13.4. The fraction of sp³-hybridized carbons (Fsp3) is 0.391. The summed E-state index contributed by atoms with van der Waals surface area (Å²) in [6, 6.07) is 10.7. The molecule has 33 heavy (non-hydrogen) atoms. The van der Waals surface area contributed by atoms with Crippen LogP contribution < -0.4 is 14.2 Å². The average molecular weight is 464 g/mol. The van der Waals surface area contributed by atoms with Crippen LogP contribution in [0, 0.1) is 5.82 Å². The van der Waals surface area contributed by atoms with Crippen molar-refractivity contribution in [3.63, 3.8) is 0 Å². The molecule has 0 saturated carbocycles. The molecule has 1 aliphatic heterocycles. The highest BCUT2D eigenvalue weighted by atomic mass is 19.1. The Hall–Kier alpha value is -3.37. The first kappa shape index (κ1) is 25.9. The Morgan fingerprint density at radius 1 is 0.818 bits per heavy atom. The van der Waals surface area contributed by atoms with E-state index in [2.05, 4.69) is 9.80 Å². The molecule has 10 heteroatoms. The van der Waals surface area contributed by atoms with E-state index >= 15 is 0 Å². The minimum absolute atomic E-state index is 0.174. The average Bonchev–Trinajstić information content (AvgIpc) is 2.80. The summed E-state index contributed by atoms with van der Waals surface area (Å²) in [4.78, 5) is 23.0. The molecule has 0 aromatic heterocycles. The molecule has 1 aliphatic rings. The third-order valence-electron chi connectivity index (χ3n) is 5.12. The Bertz CT molecular complexity index is 934. The van der Waals surface area contributed by atoms with Crippen LogP contribution in [-0.4, -0.2) is 79.5 Å². The highest BCUT2D eigenvalue weighted by Gasteiger charge is 2.20. The van der Waals surface area contributed by atoms with Gasteiger partial charge in [0.05, 0.1) is 21.3 Å². The van der Waals surface area contributed by atoms with Gasteiger partial charge in [-0.15, -0.1) is 0 Å². The lowest BCUT2D eigenvalue weighted by molar-refractivity contribution is -0.159. The molecule has 0 radical (unpaired) electrons. The maximum Gasteiger partial charge on any atom is 0.414 e. The van der Waals surface area contributed by atoms with Crippen LogP contribution in [0.1, 0.15) is 11.1 Å². The number of carboxylic acids is 2. The van der Waals surface area contributed by atoms with Crippen LogP contribution in [0.5, 0.6) is 17.2 Å². The summed E-state index contributed by atoms with van der Waals surface area (Å²) < 4.78 is 29.7. The highest BCUT2D eigenvalue weighted by molar-refractivity contribution is 6.27. The molecule has 3 rings (SSSR count). The Balaban J connectivity index is 0.000000569. The molecule has 1 heterocycles. The second-order valence-corrected chi connectivity index (χ2v) is 7.31. The number of benzene rings is 2. The number of methoxy groups -OCH3 is 3. The Morgan fingerprint density at radius 3 is 1.82 bits per heavy atom. The molecule has 0 aliphatic carbocycles. The minimum atomic E-state index is -1.82. The number of halogens is 1. The summed E-state index contributed by atoms with van der Waals surface area (Å²) in [5.74, 6) is -1.65. The van der Waals surface area contributed by atoms with Gasteiger partial charge in [-0.1, -0.05) is 12.1 Å². The summed E-state index contributed by atoms with van der Waals surface area (Å²) >= 11 is 0. The van der Waals surface area contributed by atoms with Gasteiger partial charge in [-0.3, -0.25) is 9.80 Å². The fourth-order valence-corrected chi connectivity index (χ4v) is 3.46. The van der Waals surface area contributed by atoms with Crippen LogP contribution in [0.3, 0.4) is 0 Å². The summed E-state index contributed by atoms with van der Waals surface area (Å²) in [6.45, 7) is 5.38. The monoisotopic (exact) mass is 464 g/mol. The van der Waals surface area contributed by atoms with Crippen molar-refractivity contribution in [3.8, 4) is 17.2 Å². The minimum Gasteiger partial charge on any atom is -0.496 e. The molecular formula is C23H29FN2O7. The largest absolute Gasteiger partial charge is 0.496 e. The van der Waals surface area contributed by atoms with E-state index in [-0.39, 0.29) is 5.82 Å². The van der Waals surface area contributed by atoms with Crippen LogP contribution >= 0.6 is 0 Å². The van der Waals surface area contributed by atoms with Crippen molar-refractivity contribution in [1.29, 1.82) is 0 Å². The van der Waals surface area contributed by atoms with Gasteiger partial charge in [0.2, 0.25) is 0 Å². The lowest BCUT2D eigenvalue weighted by Gasteiger charge is -2.35. The number of hydrogen-bond acceptors (Lipinski definition) is 7. The predicted octanol–water partition coefficient (Wildman–Crippen LogP) is 2.32. The Morgan fingerprint density at radius 2 is 1.33 bits per heavy atom. The van der Waals surface area contributed by atoms with Crippen molar-refractivity contribution >= 4 is 11.9 Å². The number of piperazine rings is 1. The van der Waals surface area contributed by atoms with Gasteiger partial charge in [-0.25, -0.2) is 14.0 Å². The first-order chi connectivity index (χ1) is 15.8. The topological polar surface area (TPSA) is 109 Å². The van der Waals surface area contributed by atoms with E-state index in [1.54, 1.807) is 33.5 Å². The smallest absolute Gasteiger partial charge is 0.414 e. The van der Waals surface area contributed by atoms with Crippen LogP contribution in [-0.2, 0) is 22.7 Å². The van der Waals surface area contributed by atoms with Crippen molar-refractivity contribution in [3.05, 3.63) is 53.3 Å². The summed E-state index contributed by atoms with van der Waals surface area (Å²) in [6.07, 6.45) is 0. The van der Waals surface area contributed by atoms with Crippen LogP contribution in [0.4, 0.5) is 4.39 Å². The molecule has 2 N–H and O–H groups in total. The molecule has 0 spiro atoms. The third-order valence-corrected chi connectivity index (χ3v) is 5.12. The standard InChI is InChI=1S/C21H27FN2O3.C2H2O4/c1-25-19-13-21(27-3)20(26-2)12-17(19)15-24-9-7-23(8-10-24)14-16-5-4-6-18(22)11-16;3-1(4)2(5)6/h4-6,11-13H,7-10,14-15H2,1-3H3;(H,3,4)(H,5,6). The maximum absolute atomic E-state index is 13.4. The summed E-state index contributed by atoms with van der Waals surface area (Å²) in [5.41, 5.74) is 2.10. The predicted molar refractivity (Wildman–Crippen MR) is 118 cm³/mol. The van der Waals surface area contributed by atoms with E-state index in [9.17, 15) is 4.39 Å². The SMILES string of the molecule is COc1cc(OC)c(OC)cc1CN1CCN(Cc2cccc(F)c2)CC1.O=C(O)C(=O)O. The van der Waals surface area contributed by atoms with Gasteiger partial charge in [-0.2, -0.15) is 0 Å². The van der Waals surface area contributed by atoms with Crippen molar-refractivity contribution in [1.82, 2.24) is 9.80 Å². The molecule has 2 aromatic carbocycles. The molecule has 0 bridgehead atoms. The highest BCUT2D eigenvalue weighted by Crippen LogP contribution is 2.35. The van der Waals surface area contributed by atoms with E-state index in [1.807, 2.05) is 18.2 Å². The number of carbonyl (C=O) groups is 2. The zero-order valence-corrected chi connectivity index (χ0v) is 18.9. The quantitative estimate of drug-likeness (QED) is 0.597. The van der Waals surface area contributed by atoms with E-state index in [4.69, 9.17) is 34.0 Å². The number of hydrogen-bond donors (Lipinski definition) is 2. The van der Waals surface area contributed by atoms with Crippen LogP contribution in [0.15, 0.2) is 36.4 Å². The van der Waals surface area contributed by atoms with E-state index < -0.39 is 11.9 Å². The zero-order chi connectivity index (χ0) is 24.4. The molecule has 2 aromatic rings. The van der Waals surface area contributed by atoms with Gasteiger partial charge >= 0.3 is 11.9 Å². The van der Waals surface area contributed by atoms with Crippen molar-refractivity contribution in [2.24, 2.45) is 0 Å². The lowest BCUT2D eigenvalue weighted by Crippen LogP contribution is -2.45. The van der Waals surface area contributed by atoms with Crippen LogP contribution in [0.2, 0.25) is 0 Å². The van der Waals surface area contributed by atoms with Crippen LogP contribution in [0.25, 0.3) is 0 Å². The van der Waals surface area contributed by atoms with Crippen molar-refractivity contribution < 1.29 is 38.4 Å². The molecule has 0 amide bonds. The number of carboxylic acid groups (broad SMARTS) is 2. The molecular weight excluding hydrogens is 435 g/mol. The van der Waals surface area contributed by atoms with Gasteiger partial charge in [0, 0.05) is 50.9 Å². The zero-order valence-electron chi connectivity index (χ0n) is 18.9. The third kappa shape index (κ3) is 7.92. The number of aliphatic carboxylic acids is 2. The van der Waals surface area contributed by atoms with Crippen molar-refractivity contribution in [2.45, 2.75) is 13.1 Å². The fourth-order valence-electron chi connectivity index (χ4n) is 3.46. The molecule has 0 atom stereocenters. The van der Waals surface area contributed by atoms with Crippen molar-refractivity contribution in [2.75, 3.05) is 47.5 Å². The second-order valence-electron chi connectivity index (χ2n) is 7.31. The lowest BCUT2D eigenvalue weighted by atomic mass is 10.1. The van der Waals surface area contributed by atoms with E-state index in [0.29, 0.717) is 11.5 Å². The molecule has 180 valence electrons. The molecule has 1 saturated heterocycles. The molecule has 1 fully saturated rings. The Labute approximate surface area is 191 Å². The Kier molecular flexibility index (Phi) is 9.89. The molecule has 0 unspecified atom stereocenters. The molecule has 9 nitrogen and oxygen atoms in total. The van der Waals surface area contributed by atoms with Gasteiger partial charge in [-0.05, 0) is 23.8 Å². The summed E-state index contributed by atoms with van der Waals surface area (Å²) in [5, 5.41) is 14.8. The number of rotatable bonds is 7. The first-order valence-corrected chi connectivity index (χ1v) is 10.2. The van der Waals surface area contributed by atoms with E-state index in [1.165, 1.54) is 6.07 Å². The van der Waals surface area contributed by atoms with Gasteiger partial charge in [0.1, 0.15) is 11.6 Å². The van der Waals surface area contributed by atoms with Gasteiger partial charge in [0.25, 0.3) is 0 Å². The van der Waals surface area contributed by atoms with Gasteiger partial charge in [0.15, 0.2) is 11.5 Å². The second kappa shape index (κ2) is 12.6. The van der Waals surface area contributed by atoms with E-state index in [0.717, 1.165) is 56.1 Å². The number of ether oxygens (including phenoxy) is 3. The van der Waals surface area contributed by atoms with Gasteiger partial charge < -0.3 is 24.4 Å².